The second-order valence-corrected chi connectivity index (χ2v) is 3.67. The van der Waals surface area contributed by atoms with Crippen LogP contribution < -0.4 is 10.6 Å². The van der Waals surface area contributed by atoms with Crippen LogP contribution in [0.15, 0.2) is 18.3 Å². The highest BCUT2D eigenvalue weighted by Gasteiger charge is 2.24. The zero-order valence-electron chi connectivity index (χ0n) is 8.26. The molecule has 15 heavy (non-hydrogen) atoms. The van der Waals surface area contributed by atoms with Gasteiger partial charge in [0, 0.05) is 25.3 Å². The van der Waals surface area contributed by atoms with Gasteiger partial charge in [-0.05, 0) is 18.6 Å². The van der Waals surface area contributed by atoms with E-state index >= 15 is 0 Å². The molecule has 0 radical (unpaired) electrons. The number of carboxylic acids is 1. The van der Waals surface area contributed by atoms with Gasteiger partial charge in [0.25, 0.3) is 0 Å². The Morgan fingerprint density at radius 2 is 2.47 bits per heavy atom. The number of hydrogen-bond acceptors (Lipinski definition) is 4. The summed E-state index contributed by atoms with van der Waals surface area (Å²) in [6.07, 6.45) is 2.49. The molecule has 1 aromatic rings. The fourth-order valence-electron chi connectivity index (χ4n) is 1.80. The third-order valence-electron chi connectivity index (χ3n) is 2.54. The Balaban J connectivity index is 2.31. The fourth-order valence-corrected chi connectivity index (χ4v) is 1.80. The number of nitrogens with zero attached hydrogens (tertiary/aromatic N) is 2. The minimum Gasteiger partial charge on any atom is -0.478 e. The van der Waals surface area contributed by atoms with E-state index in [-0.39, 0.29) is 11.6 Å². The number of nitrogens with two attached hydrogens (primary N) is 1. The first-order valence-corrected chi connectivity index (χ1v) is 4.87. The van der Waals surface area contributed by atoms with Crippen LogP contribution in [-0.4, -0.2) is 35.2 Å². The molecule has 1 aromatic heterocycles. The lowest BCUT2D eigenvalue weighted by Gasteiger charge is -2.18. The van der Waals surface area contributed by atoms with Crippen LogP contribution in [0.3, 0.4) is 0 Å². The topological polar surface area (TPSA) is 79.5 Å². The first kappa shape index (κ1) is 9.92. The minimum absolute atomic E-state index is 0.119. The molecule has 0 spiro atoms. The molecule has 1 aliphatic heterocycles. The van der Waals surface area contributed by atoms with Gasteiger partial charge in [0.2, 0.25) is 0 Å². The van der Waals surface area contributed by atoms with Gasteiger partial charge in [0.15, 0.2) is 0 Å². The van der Waals surface area contributed by atoms with Crippen LogP contribution in [0.5, 0.6) is 0 Å². The maximum absolute atomic E-state index is 11.0. The first-order valence-electron chi connectivity index (χ1n) is 4.87. The molecule has 2 rings (SSSR count). The van der Waals surface area contributed by atoms with Crippen molar-refractivity contribution in [2.75, 3.05) is 18.0 Å². The average molecular weight is 207 g/mol. The third kappa shape index (κ3) is 1.92. The molecule has 3 N–H and O–H groups in total. The summed E-state index contributed by atoms with van der Waals surface area (Å²) in [6, 6.07) is 3.31. The zero-order valence-corrected chi connectivity index (χ0v) is 8.26. The maximum Gasteiger partial charge on any atom is 0.339 e. The highest BCUT2D eigenvalue weighted by molar-refractivity contribution is 5.93. The molecule has 0 unspecified atom stereocenters. The third-order valence-corrected chi connectivity index (χ3v) is 2.54. The molecule has 1 saturated heterocycles. The normalized spacial score (nSPS) is 20.6. The highest BCUT2D eigenvalue weighted by atomic mass is 16.4. The summed E-state index contributed by atoms with van der Waals surface area (Å²) in [5.74, 6) is -0.420. The van der Waals surface area contributed by atoms with E-state index in [0.29, 0.717) is 12.4 Å². The van der Waals surface area contributed by atoms with Crippen molar-refractivity contribution in [2.45, 2.75) is 12.5 Å². The monoisotopic (exact) mass is 207 g/mol. The van der Waals surface area contributed by atoms with Gasteiger partial charge in [-0.2, -0.15) is 0 Å². The number of pyridine rings is 1. The molecule has 0 saturated carbocycles. The Hall–Kier alpha value is -1.62. The van der Waals surface area contributed by atoms with Gasteiger partial charge >= 0.3 is 5.97 Å². The molecule has 0 aliphatic carbocycles. The van der Waals surface area contributed by atoms with E-state index in [0.717, 1.165) is 13.0 Å². The predicted molar refractivity (Wildman–Crippen MR) is 56.0 cm³/mol. The van der Waals surface area contributed by atoms with Crippen molar-refractivity contribution < 1.29 is 9.90 Å². The summed E-state index contributed by atoms with van der Waals surface area (Å²) in [4.78, 5) is 17.0. The first-order chi connectivity index (χ1) is 7.18. The van der Waals surface area contributed by atoms with E-state index < -0.39 is 5.97 Å². The highest BCUT2D eigenvalue weighted by Crippen LogP contribution is 2.21. The van der Waals surface area contributed by atoms with Gasteiger partial charge in [-0.25, -0.2) is 9.78 Å². The van der Waals surface area contributed by atoms with Gasteiger partial charge in [0.1, 0.15) is 11.4 Å². The quantitative estimate of drug-likeness (QED) is 0.730. The van der Waals surface area contributed by atoms with Crippen molar-refractivity contribution >= 4 is 11.8 Å². The number of anilines is 1. The summed E-state index contributed by atoms with van der Waals surface area (Å²) < 4.78 is 0. The van der Waals surface area contributed by atoms with Gasteiger partial charge in [-0.3, -0.25) is 0 Å². The minimum atomic E-state index is -0.946. The second-order valence-electron chi connectivity index (χ2n) is 3.67. The maximum atomic E-state index is 11.0. The van der Waals surface area contributed by atoms with Crippen LogP contribution in [0.4, 0.5) is 5.82 Å². The molecule has 5 nitrogen and oxygen atoms in total. The summed E-state index contributed by atoms with van der Waals surface area (Å²) in [5.41, 5.74) is 6.01. The Morgan fingerprint density at radius 1 is 1.67 bits per heavy atom. The lowest BCUT2D eigenvalue weighted by atomic mass is 10.2. The molecule has 0 amide bonds. The Bertz CT molecular complexity index is 381. The number of hydrogen-bond donors (Lipinski definition) is 2. The Labute approximate surface area is 87.5 Å². The standard InChI is InChI=1S/C10H13N3O2/c11-7-3-5-13(6-7)9-8(10(14)15)2-1-4-12-9/h1-2,4,7H,3,5-6,11H2,(H,14,15)/t7-/m1/s1. The SMILES string of the molecule is N[C@@H]1CCN(c2ncccc2C(=O)O)C1. The van der Waals surface area contributed by atoms with E-state index in [1.54, 1.807) is 18.3 Å². The van der Waals surface area contributed by atoms with E-state index in [2.05, 4.69) is 4.98 Å². The van der Waals surface area contributed by atoms with Gasteiger partial charge in [-0.15, -0.1) is 0 Å². The number of carboxylic acid groups (broad SMARTS) is 1. The molecule has 0 aromatic carbocycles. The van der Waals surface area contributed by atoms with Crippen molar-refractivity contribution in [1.82, 2.24) is 4.98 Å². The van der Waals surface area contributed by atoms with Crippen molar-refractivity contribution in [3.05, 3.63) is 23.9 Å². The van der Waals surface area contributed by atoms with Gasteiger partial charge in [0.05, 0.1) is 0 Å². The largest absolute Gasteiger partial charge is 0.478 e. The molecular formula is C10H13N3O2. The fraction of sp³-hybridized carbons (Fsp3) is 0.400. The predicted octanol–water partition coefficient (Wildman–Crippen LogP) is 0.317. The number of aromatic carboxylic acids is 1. The summed E-state index contributed by atoms with van der Waals surface area (Å²) in [5, 5.41) is 8.99. The molecular weight excluding hydrogens is 194 g/mol. The van der Waals surface area contributed by atoms with E-state index in [4.69, 9.17) is 10.8 Å². The van der Waals surface area contributed by atoms with Crippen LogP contribution in [0.1, 0.15) is 16.8 Å². The molecule has 5 heteroatoms. The van der Waals surface area contributed by atoms with Crippen molar-refractivity contribution in [2.24, 2.45) is 5.73 Å². The van der Waals surface area contributed by atoms with Crippen molar-refractivity contribution in [1.29, 1.82) is 0 Å². The molecule has 2 heterocycles. The molecule has 1 atom stereocenters. The summed E-state index contributed by atoms with van der Waals surface area (Å²) >= 11 is 0. The van der Waals surface area contributed by atoms with Crippen LogP contribution in [-0.2, 0) is 0 Å². The molecule has 1 aliphatic rings. The summed E-state index contributed by atoms with van der Waals surface area (Å²) in [7, 11) is 0. The van der Waals surface area contributed by atoms with Gasteiger partial charge in [-0.1, -0.05) is 0 Å². The smallest absolute Gasteiger partial charge is 0.339 e. The van der Waals surface area contributed by atoms with Crippen LogP contribution >= 0.6 is 0 Å². The lowest BCUT2D eigenvalue weighted by Crippen LogP contribution is -2.28. The number of rotatable bonds is 2. The van der Waals surface area contributed by atoms with Crippen LogP contribution in [0.2, 0.25) is 0 Å². The zero-order chi connectivity index (χ0) is 10.8. The van der Waals surface area contributed by atoms with Crippen LogP contribution in [0, 0.1) is 0 Å². The van der Waals surface area contributed by atoms with E-state index in [1.165, 1.54) is 0 Å². The van der Waals surface area contributed by atoms with E-state index in [1.807, 2.05) is 4.90 Å². The second kappa shape index (κ2) is 3.86. The van der Waals surface area contributed by atoms with Crippen LogP contribution in [0.25, 0.3) is 0 Å². The summed E-state index contributed by atoms with van der Waals surface area (Å²) in [6.45, 7) is 1.45. The number of carbonyl (C=O) groups is 1. The Kier molecular flexibility index (Phi) is 2.55. The molecule has 80 valence electrons. The molecule has 1 fully saturated rings. The van der Waals surface area contributed by atoms with E-state index in [9.17, 15) is 4.79 Å². The number of aromatic nitrogens is 1. The Morgan fingerprint density at radius 3 is 3.07 bits per heavy atom. The lowest BCUT2D eigenvalue weighted by molar-refractivity contribution is 0.0697. The molecule has 0 bridgehead atoms. The van der Waals surface area contributed by atoms with Crippen molar-refractivity contribution in [3.63, 3.8) is 0 Å². The van der Waals surface area contributed by atoms with Gasteiger partial charge < -0.3 is 15.7 Å². The van der Waals surface area contributed by atoms with Crippen molar-refractivity contribution in [3.8, 4) is 0 Å². The average Bonchev–Trinajstić information content (AvgIpc) is 2.65.